The number of carbonyl (C=O) groups excluding carboxylic acids is 1. The van der Waals surface area contributed by atoms with E-state index in [1.54, 1.807) is 27.7 Å². The number of thiazole rings is 1. The number of thiophene rings is 1. The van der Waals surface area contributed by atoms with E-state index in [-0.39, 0.29) is 19.0 Å². The fourth-order valence-electron chi connectivity index (χ4n) is 3.01. The largest absolute Gasteiger partial charge is 0.335 e. The lowest BCUT2D eigenvalue weighted by molar-refractivity contribution is 0.0693. The van der Waals surface area contributed by atoms with Crippen LogP contribution in [0.3, 0.4) is 0 Å². The zero-order valence-corrected chi connectivity index (χ0v) is 17.9. The predicted octanol–water partition coefficient (Wildman–Crippen LogP) is 3.63. The smallest absolute Gasteiger partial charge is 0.273 e. The molecule has 9 heteroatoms. The van der Waals surface area contributed by atoms with E-state index in [2.05, 4.69) is 4.98 Å². The van der Waals surface area contributed by atoms with Crippen LogP contribution in [0.5, 0.6) is 0 Å². The lowest BCUT2D eigenvalue weighted by Crippen LogP contribution is -2.50. The highest BCUT2D eigenvalue weighted by molar-refractivity contribution is 7.92. The molecule has 3 aromatic rings. The number of hydrogen-bond donors (Lipinski definition) is 0. The van der Waals surface area contributed by atoms with Crippen LogP contribution in [-0.2, 0) is 10.0 Å². The Morgan fingerprint density at radius 3 is 2.48 bits per heavy atom. The highest BCUT2D eigenvalue weighted by atomic mass is 32.2. The van der Waals surface area contributed by atoms with Gasteiger partial charge in [-0.2, -0.15) is 15.6 Å². The summed E-state index contributed by atoms with van der Waals surface area (Å²) >= 11 is 3.03. The van der Waals surface area contributed by atoms with Gasteiger partial charge in [-0.25, -0.2) is 13.4 Å². The average Bonchev–Trinajstić information content (AvgIpc) is 3.44. The van der Waals surface area contributed by atoms with Crippen molar-refractivity contribution in [2.45, 2.75) is 0 Å². The number of rotatable bonds is 5. The van der Waals surface area contributed by atoms with Crippen molar-refractivity contribution < 1.29 is 13.2 Å². The minimum Gasteiger partial charge on any atom is -0.335 e. The van der Waals surface area contributed by atoms with Gasteiger partial charge in [-0.05, 0) is 23.1 Å². The van der Waals surface area contributed by atoms with Crippen molar-refractivity contribution in [3.05, 3.63) is 69.2 Å². The lowest BCUT2D eigenvalue weighted by Gasteiger charge is -2.33. The van der Waals surface area contributed by atoms with E-state index >= 15 is 0 Å². The first-order valence-electron chi connectivity index (χ1n) is 9.03. The van der Waals surface area contributed by atoms with Gasteiger partial charge in [0.1, 0.15) is 10.7 Å². The maximum atomic E-state index is 12.7. The molecule has 0 saturated carbocycles. The molecule has 4 rings (SSSR count). The lowest BCUT2D eigenvalue weighted by atomic mass is 10.2. The van der Waals surface area contributed by atoms with Gasteiger partial charge in [-0.3, -0.25) is 4.79 Å². The third-order valence-corrected chi connectivity index (χ3v) is 7.75. The van der Waals surface area contributed by atoms with Crippen molar-refractivity contribution in [2.75, 3.05) is 26.2 Å². The summed E-state index contributed by atoms with van der Waals surface area (Å²) < 4.78 is 26.5. The Morgan fingerprint density at radius 1 is 1.03 bits per heavy atom. The second kappa shape index (κ2) is 8.58. The van der Waals surface area contributed by atoms with Crippen LogP contribution in [0.1, 0.15) is 16.1 Å². The Balaban J connectivity index is 1.37. The zero-order chi connectivity index (χ0) is 20.3. The molecule has 1 saturated heterocycles. The summed E-state index contributed by atoms with van der Waals surface area (Å²) in [5.41, 5.74) is 2.26. The molecule has 0 unspecified atom stereocenters. The number of carbonyl (C=O) groups is 1. The van der Waals surface area contributed by atoms with Crippen molar-refractivity contribution in [2.24, 2.45) is 0 Å². The monoisotopic (exact) mass is 445 g/mol. The number of piperazine rings is 1. The molecule has 0 spiro atoms. The van der Waals surface area contributed by atoms with Gasteiger partial charge in [0.05, 0.1) is 0 Å². The summed E-state index contributed by atoms with van der Waals surface area (Å²) in [6, 6.07) is 11.3. The van der Waals surface area contributed by atoms with Gasteiger partial charge in [0.2, 0.25) is 10.0 Å². The summed E-state index contributed by atoms with van der Waals surface area (Å²) in [5.74, 6) is -0.153. The van der Waals surface area contributed by atoms with Crippen LogP contribution in [0, 0.1) is 0 Å². The van der Waals surface area contributed by atoms with Crippen molar-refractivity contribution in [1.29, 1.82) is 0 Å². The minimum absolute atomic E-state index is 0.153. The van der Waals surface area contributed by atoms with Crippen molar-refractivity contribution >= 4 is 44.7 Å². The molecule has 1 aromatic carbocycles. The third-order valence-electron chi connectivity index (χ3n) is 4.61. The van der Waals surface area contributed by atoms with Crippen molar-refractivity contribution in [3.63, 3.8) is 0 Å². The van der Waals surface area contributed by atoms with Crippen LogP contribution < -0.4 is 0 Å². The van der Waals surface area contributed by atoms with Gasteiger partial charge in [0.15, 0.2) is 0 Å². The van der Waals surface area contributed by atoms with Crippen LogP contribution in [0.2, 0.25) is 0 Å². The zero-order valence-electron chi connectivity index (χ0n) is 15.5. The molecule has 0 atom stereocenters. The van der Waals surface area contributed by atoms with Gasteiger partial charge in [0.25, 0.3) is 5.91 Å². The fraction of sp³-hybridized carbons (Fsp3) is 0.200. The Hall–Kier alpha value is -2.33. The minimum atomic E-state index is -3.52. The second-order valence-corrected chi connectivity index (χ2v) is 9.96. The summed E-state index contributed by atoms with van der Waals surface area (Å²) in [5, 5.41) is 7.79. The Kier molecular flexibility index (Phi) is 5.91. The van der Waals surface area contributed by atoms with E-state index in [9.17, 15) is 13.2 Å². The van der Waals surface area contributed by atoms with Crippen LogP contribution in [-0.4, -0.2) is 54.7 Å². The summed E-state index contributed by atoms with van der Waals surface area (Å²) in [6.45, 7) is 1.24. The van der Waals surface area contributed by atoms with Gasteiger partial charge in [0, 0.05) is 47.9 Å². The van der Waals surface area contributed by atoms with Gasteiger partial charge in [-0.15, -0.1) is 11.3 Å². The summed E-state index contributed by atoms with van der Waals surface area (Å²) in [7, 11) is -3.52. The number of aromatic nitrogens is 1. The molecule has 0 bridgehead atoms. The number of benzene rings is 1. The van der Waals surface area contributed by atoms with E-state index in [0.717, 1.165) is 16.1 Å². The predicted molar refractivity (Wildman–Crippen MR) is 117 cm³/mol. The van der Waals surface area contributed by atoms with Crippen LogP contribution in [0.4, 0.5) is 0 Å². The van der Waals surface area contributed by atoms with Crippen molar-refractivity contribution in [1.82, 2.24) is 14.2 Å². The Morgan fingerprint density at radius 2 is 1.79 bits per heavy atom. The van der Waals surface area contributed by atoms with E-state index in [4.69, 9.17) is 0 Å². The fourth-order valence-corrected chi connectivity index (χ4v) is 5.69. The molecule has 1 fully saturated rings. The molecule has 2 aromatic heterocycles. The van der Waals surface area contributed by atoms with Crippen LogP contribution in [0.25, 0.3) is 16.6 Å². The van der Waals surface area contributed by atoms with Gasteiger partial charge < -0.3 is 4.90 Å². The van der Waals surface area contributed by atoms with E-state index in [0.29, 0.717) is 18.8 Å². The van der Waals surface area contributed by atoms with E-state index in [1.165, 1.54) is 21.1 Å². The highest BCUT2D eigenvalue weighted by Gasteiger charge is 2.28. The Labute approximate surface area is 177 Å². The van der Waals surface area contributed by atoms with Crippen LogP contribution in [0.15, 0.2) is 57.9 Å². The summed E-state index contributed by atoms with van der Waals surface area (Å²) in [6.07, 6.45) is 1.59. The molecule has 0 N–H and O–H groups in total. The number of hydrogen-bond acceptors (Lipinski definition) is 6. The van der Waals surface area contributed by atoms with E-state index < -0.39 is 10.0 Å². The Bertz CT molecular complexity index is 1100. The molecular weight excluding hydrogens is 426 g/mol. The molecule has 1 aliphatic heterocycles. The molecule has 6 nitrogen and oxygen atoms in total. The molecule has 0 aliphatic carbocycles. The average molecular weight is 446 g/mol. The molecule has 150 valence electrons. The van der Waals surface area contributed by atoms with Crippen molar-refractivity contribution in [3.8, 4) is 10.6 Å². The summed E-state index contributed by atoms with van der Waals surface area (Å²) in [4.78, 5) is 18.9. The maximum absolute atomic E-state index is 12.7. The van der Waals surface area contributed by atoms with Gasteiger partial charge in [-0.1, -0.05) is 30.3 Å². The molecule has 1 amide bonds. The normalized spacial score (nSPS) is 15.8. The number of amides is 1. The second-order valence-electron chi connectivity index (χ2n) is 6.50. The van der Waals surface area contributed by atoms with Crippen LogP contribution >= 0.6 is 22.7 Å². The molecule has 3 heterocycles. The highest BCUT2D eigenvalue weighted by Crippen LogP contribution is 2.26. The first-order valence-corrected chi connectivity index (χ1v) is 12.4. The quantitative estimate of drug-likeness (QED) is 0.601. The first-order chi connectivity index (χ1) is 14.0. The third kappa shape index (κ3) is 4.64. The topological polar surface area (TPSA) is 70.6 Å². The molecule has 29 heavy (non-hydrogen) atoms. The first kappa shape index (κ1) is 20.0. The standard InChI is InChI=1S/C20H19N3O3S3/c24-20(18-15-28-19(21-18)17-6-12-27-14-17)22-8-10-23(11-9-22)29(25,26)13-7-16-4-2-1-3-5-16/h1-7,12-15H,8-11H2/b13-7+. The molecule has 0 radical (unpaired) electrons. The van der Waals surface area contributed by atoms with E-state index in [1.807, 2.05) is 47.2 Å². The number of sulfonamides is 1. The maximum Gasteiger partial charge on any atom is 0.273 e. The number of nitrogens with zero attached hydrogens (tertiary/aromatic N) is 3. The molecular formula is C20H19N3O3S3. The van der Waals surface area contributed by atoms with Gasteiger partial charge >= 0.3 is 0 Å². The molecule has 1 aliphatic rings. The SMILES string of the molecule is O=C(c1csc(-c2ccsc2)n1)N1CCN(S(=O)(=O)/C=C/c2ccccc2)CC1.